The average molecular weight is 248 g/mol. The third-order valence-corrected chi connectivity index (χ3v) is 3.47. The highest BCUT2D eigenvalue weighted by molar-refractivity contribution is 7.99. The van der Waals surface area contributed by atoms with Gasteiger partial charge in [-0.2, -0.15) is 0 Å². The number of nitrogens with two attached hydrogens (primary N) is 1. The van der Waals surface area contributed by atoms with Gasteiger partial charge in [-0.15, -0.1) is 11.8 Å². The second kappa shape index (κ2) is 5.37. The predicted molar refractivity (Wildman–Crippen MR) is 61.4 cm³/mol. The molecule has 2 N–H and O–H groups in total. The smallest absolute Gasteiger partial charge is 0.230 e. The number of amides is 1. The normalized spacial score (nSPS) is 12.5. The van der Waals surface area contributed by atoms with Gasteiger partial charge in [0.05, 0.1) is 5.25 Å². The highest BCUT2D eigenvalue weighted by atomic mass is 35.5. The first-order valence-electron chi connectivity index (χ1n) is 4.35. The molecule has 0 saturated carbocycles. The number of primary amides is 1. The number of halogens is 2. The van der Waals surface area contributed by atoms with Crippen LogP contribution >= 0.6 is 23.4 Å². The summed E-state index contributed by atoms with van der Waals surface area (Å²) in [5, 5.41) is 0.102. The number of carbonyl (C=O) groups excluding carboxylic acids is 1. The van der Waals surface area contributed by atoms with Gasteiger partial charge in [-0.05, 0) is 24.6 Å². The number of thioether (sulfide) groups is 1. The van der Waals surface area contributed by atoms with Crippen molar-refractivity contribution in [1.82, 2.24) is 0 Å². The van der Waals surface area contributed by atoms with Gasteiger partial charge < -0.3 is 5.73 Å². The van der Waals surface area contributed by atoms with E-state index in [0.29, 0.717) is 10.8 Å². The molecule has 1 aromatic rings. The molecule has 0 heterocycles. The fourth-order valence-corrected chi connectivity index (χ4v) is 2.09. The summed E-state index contributed by atoms with van der Waals surface area (Å²) in [5.41, 5.74) is 5.91. The molecule has 0 bridgehead atoms. The minimum atomic E-state index is -0.364. The van der Waals surface area contributed by atoms with Crippen molar-refractivity contribution in [3.05, 3.63) is 34.6 Å². The monoisotopic (exact) mass is 247 g/mol. The molecule has 0 unspecified atom stereocenters. The molecule has 5 heteroatoms. The maximum Gasteiger partial charge on any atom is 0.230 e. The lowest BCUT2D eigenvalue weighted by atomic mass is 10.2. The summed E-state index contributed by atoms with van der Waals surface area (Å²) >= 11 is 7.20. The van der Waals surface area contributed by atoms with Crippen molar-refractivity contribution < 1.29 is 9.18 Å². The molecule has 0 aliphatic carbocycles. The van der Waals surface area contributed by atoms with Crippen LogP contribution in [0.25, 0.3) is 0 Å². The van der Waals surface area contributed by atoms with Gasteiger partial charge in [0.25, 0.3) is 0 Å². The van der Waals surface area contributed by atoms with E-state index in [9.17, 15) is 9.18 Å². The maximum absolute atomic E-state index is 12.7. The van der Waals surface area contributed by atoms with Gasteiger partial charge in [0.2, 0.25) is 5.91 Å². The molecule has 0 aliphatic rings. The van der Waals surface area contributed by atoms with Crippen LogP contribution in [0, 0.1) is 5.82 Å². The first-order chi connectivity index (χ1) is 7.00. The summed E-state index contributed by atoms with van der Waals surface area (Å²) < 4.78 is 12.7. The summed E-state index contributed by atoms with van der Waals surface area (Å²) in [5.74, 6) is -0.182. The maximum atomic E-state index is 12.7. The van der Waals surface area contributed by atoms with Crippen molar-refractivity contribution in [3.8, 4) is 0 Å². The van der Waals surface area contributed by atoms with E-state index in [4.69, 9.17) is 17.3 Å². The fraction of sp³-hybridized carbons (Fsp3) is 0.300. The van der Waals surface area contributed by atoms with Crippen molar-refractivity contribution in [2.24, 2.45) is 5.73 Å². The second-order valence-corrected chi connectivity index (χ2v) is 4.83. The van der Waals surface area contributed by atoms with Crippen LogP contribution in [0.15, 0.2) is 18.2 Å². The zero-order chi connectivity index (χ0) is 11.4. The molecule has 15 heavy (non-hydrogen) atoms. The lowest BCUT2D eigenvalue weighted by molar-refractivity contribution is -0.117. The third-order valence-electron chi connectivity index (χ3n) is 1.90. The van der Waals surface area contributed by atoms with Gasteiger partial charge >= 0.3 is 0 Å². The molecule has 2 nitrogen and oxygen atoms in total. The Morgan fingerprint density at radius 3 is 2.87 bits per heavy atom. The van der Waals surface area contributed by atoms with Gasteiger partial charge in [0.1, 0.15) is 5.82 Å². The van der Waals surface area contributed by atoms with Gasteiger partial charge in [-0.1, -0.05) is 17.7 Å². The molecule has 1 atom stereocenters. The molecular weight excluding hydrogens is 237 g/mol. The van der Waals surface area contributed by atoms with Gasteiger partial charge in [0.15, 0.2) is 0 Å². The van der Waals surface area contributed by atoms with Crippen LogP contribution in [-0.2, 0) is 10.5 Å². The van der Waals surface area contributed by atoms with Crippen LogP contribution in [-0.4, -0.2) is 11.2 Å². The Balaban J connectivity index is 2.62. The SMILES string of the molecule is C[C@@H](SCc1ccc(F)cc1Cl)C(N)=O. The number of hydrogen-bond acceptors (Lipinski definition) is 2. The topological polar surface area (TPSA) is 43.1 Å². The minimum absolute atomic E-state index is 0.272. The second-order valence-electron chi connectivity index (χ2n) is 3.09. The first kappa shape index (κ1) is 12.3. The number of carbonyl (C=O) groups is 1. The van der Waals surface area contributed by atoms with E-state index in [2.05, 4.69) is 0 Å². The van der Waals surface area contributed by atoms with E-state index in [1.54, 1.807) is 13.0 Å². The van der Waals surface area contributed by atoms with Gasteiger partial charge in [-0.3, -0.25) is 4.79 Å². The van der Waals surface area contributed by atoms with Crippen LogP contribution < -0.4 is 5.73 Å². The zero-order valence-corrected chi connectivity index (χ0v) is 9.74. The highest BCUT2D eigenvalue weighted by Gasteiger charge is 2.10. The molecule has 82 valence electrons. The predicted octanol–water partition coefficient (Wildman–Crippen LogP) is 2.59. The third kappa shape index (κ3) is 3.72. The summed E-state index contributed by atoms with van der Waals surface area (Å²) in [6.07, 6.45) is 0. The molecule has 0 saturated heterocycles. The van der Waals surface area contributed by atoms with Crippen LogP contribution in [0.1, 0.15) is 12.5 Å². The Bertz CT molecular complexity index is 372. The van der Waals surface area contributed by atoms with E-state index < -0.39 is 0 Å². The Hall–Kier alpha value is -0.740. The summed E-state index contributed by atoms with van der Waals surface area (Å²) in [7, 11) is 0. The average Bonchev–Trinajstić information content (AvgIpc) is 2.15. The highest BCUT2D eigenvalue weighted by Crippen LogP contribution is 2.24. The van der Waals surface area contributed by atoms with Gasteiger partial charge in [0, 0.05) is 10.8 Å². The van der Waals surface area contributed by atoms with Crippen LogP contribution in [0.3, 0.4) is 0 Å². The molecule has 0 fully saturated rings. The molecule has 0 spiro atoms. The van der Waals surface area contributed by atoms with E-state index in [-0.39, 0.29) is 17.0 Å². The Morgan fingerprint density at radius 2 is 2.33 bits per heavy atom. The number of rotatable bonds is 4. The standard InChI is InChI=1S/C10H11ClFNOS/c1-6(10(13)14)15-5-7-2-3-8(12)4-9(7)11/h2-4,6H,5H2,1H3,(H2,13,14)/t6-/m1/s1. The largest absolute Gasteiger partial charge is 0.369 e. The van der Waals surface area contributed by atoms with Crippen LogP contribution in [0.4, 0.5) is 4.39 Å². The molecule has 1 aromatic carbocycles. The lowest BCUT2D eigenvalue weighted by Crippen LogP contribution is -2.22. The summed E-state index contributed by atoms with van der Waals surface area (Å²) in [4.78, 5) is 10.8. The minimum Gasteiger partial charge on any atom is -0.369 e. The van der Waals surface area contributed by atoms with Crippen molar-refractivity contribution in [2.45, 2.75) is 17.9 Å². The van der Waals surface area contributed by atoms with E-state index in [0.717, 1.165) is 5.56 Å². The van der Waals surface area contributed by atoms with Crippen molar-refractivity contribution >= 4 is 29.3 Å². The lowest BCUT2D eigenvalue weighted by Gasteiger charge is -2.08. The fourth-order valence-electron chi connectivity index (χ4n) is 0.936. The molecule has 1 amide bonds. The molecular formula is C10H11ClFNOS. The number of benzene rings is 1. The Morgan fingerprint density at radius 1 is 1.67 bits per heavy atom. The molecule has 0 radical (unpaired) electrons. The molecule has 0 aromatic heterocycles. The zero-order valence-electron chi connectivity index (χ0n) is 8.17. The summed E-state index contributed by atoms with van der Waals surface area (Å²) in [6.45, 7) is 1.73. The van der Waals surface area contributed by atoms with Crippen molar-refractivity contribution in [3.63, 3.8) is 0 Å². The number of hydrogen-bond donors (Lipinski definition) is 1. The Labute approximate surface area is 97.0 Å². The quantitative estimate of drug-likeness (QED) is 0.889. The van der Waals surface area contributed by atoms with Crippen LogP contribution in [0.2, 0.25) is 5.02 Å². The van der Waals surface area contributed by atoms with E-state index in [1.165, 1.54) is 23.9 Å². The Kier molecular flexibility index (Phi) is 4.42. The van der Waals surface area contributed by atoms with Crippen molar-refractivity contribution in [1.29, 1.82) is 0 Å². The van der Waals surface area contributed by atoms with E-state index >= 15 is 0 Å². The van der Waals surface area contributed by atoms with Crippen molar-refractivity contribution in [2.75, 3.05) is 0 Å². The molecule has 0 aliphatic heterocycles. The first-order valence-corrected chi connectivity index (χ1v) is 5.78. The van der Waals surface area contributed by atoms with E-state index in [1.807, 2.05) is 0 Å². The molecule has 1 rings (SSSR count). The van der Waals surface area contributed by atoms with Gasteiger partial charge in [-0.25, -0.2) is 4.39 Å². The summed E-state index contributed by atoms with van der Waals surface area (Å²) in [6, 6.07) is 4.21. The van der Waals surface area contributed by atoms with Crippen LogP contribution in [0.5, 0.6) is 0 Å².